The fraction of sp³-hybridized carbons (Fsp3) is 0.514. The van der Waals surface area contributed by atoms with Gasteiger partial charge in [-0.25, -0.2) is 0 Å². The Labute approximate surface area is 246 Å². The van der Waals surface area contributed by atoms with E-state index in [4.69, 9.17) is 11.2 Å². The van der Waals surface area contributed by atoms with Gasteiger partial charge >= 0.3 is 0 Å². The Hall–Kier alpha value is -1.62. The standard InChI is InChI=1S/C37H52ClP/c38-39-30-22-11-9-7-5-3-1-2-4-6-8-10-21-29-37(31-34-23-15-12-16-24-34,32-35-25-17-13-18-26-35)33-36-27-19-14-20-28-36/h12-20,23-28,39H,1-11,21-22,29-33H2. The molecule has 0 aromatic heterocycles. The minimum atomic E-state index is 0.244. The van der Waals surface area contributed by atoms with Crippen LogP contribution in [0.4, 0.5) is 0 Å². The van der Waals surface area contributed by atoms with E-state index in [0.717, 1.165) is 19.3 Å². The summed E-state index contributed by atoms with van der Waals surface area (Å²) in [6.45, 7) is 0. The smallest absolute Gasteiger partial charge is 0.0176 e. The monoisotopic (exact) mass is 562 g/mol. The van der Waals surface area contributed by atoms with Gasteiger partial charge in [-0.15, -0.1) is 11.2 Å². The topological polar surface area (TPSA) is 0 Å². The summed E-state index contributed by atoms with van der Waals surface area (Å²) < 4.78 is 0. The molecule has 3 aromatic rings. The first-order valence-corrected chi connectivity index (χ1v) is 18.0. The highest BCUT2D eigenvalue weighted by Crippen LogP contribution is 2.37. The molecule has 3 rings (SSSR count). The quantitative estimate of drug-likeness (QED) is 0.0843. The Kier molecular flexibility index (Phi) is 16.6. The normalized spacial score (nSPS) is 11.9. The Morgan fingerprint density at radius 1 is 0.410 bits per heavy atom. The highest BCUT2D eigenvalue weighted by Gasteiger charge is 2.30. The van der Waals surface area contributed by atoms with E-state index in [1.165, 1.54) is 113 Å². The van der Waals surface area contributed by atoms with Gasteiger partial charge < -0.3 is 0 Å². The lowest BCUT2D eigenvalue weighted by Gasteiger charge is -2.35. The van der Waals surface area contributed by atoms with E-state index < -0.39 is 0 Å². The van der Waals surface area contributed by atoms with Crippen molar-refractivity contribution in [2.75, 3.05) is 6.16 Å². The van der Waals surface area contributed by atoms with Gasteiger partial charge in [0.15, 0.2) is 0 Å². The summed E-state index contributed by atoms with van der Waals surface area (Å²) in [4.78, 5) is 0. The number of unbranched alkanes of at least 4 members (excludes halogenated alkanes) is 12. The van der Waals surface area contributed by atoms with E-state index in [0.29, 0.717) is 7.93 Å². The first-order valence-electron chi connectivity index (χ1n) is 15.7. The van der Waals surface area contributed by atoms with E-state index >= 15 is 0 Å². The van der Waals surface area contributed by atoms with Crippen LogP contribution in [0.1, 0.15) is 107 Å². The SMILES string of the molecule is ClPCCCCCCCCCCCCCCCC(Cc1ccccc1)(Cc1ccccc1)Cc1ccccc1. The van der Waals surface area contributed by atoms with Crippen LogP contribution in [0, 0.1) is 5.41 Å². The minimum absolute atomic E-state index is 0.244. The molecule has 0 radical (unpaired) electrons. The van der Waals surface area contributed by atoms with Crippen LogP contribution in [-0.4, -0.2) is 6.16 Å². The molecule has 1 atom stereocenters. The Morgan fingerprint density at radius 3 is 1.05 bits per heavy atom. The lowest BCUT2D eigenvalue weighted by molar-refractivity contribution is 0.243. The molecule has 0 N–H and O–H groups in total. The van der Waals surface area contributed by atoms with Gasteiger partial charge in [0.1, 0.15) is 0 Å². The summed E-state index contributed by atoms with van der Waals surface area (Å²) in [5.41, 5.74) is 4.66. The summed E-state index contributed by atoms with van der Waals surface area (Å²) in [5, 5.41) is 0. The van der Waals surface area contributed by atoms with Gasteiger partial charge in [-0.1, -0.05) is 168 Å². The molecular formula is C37H52ClP. The maximum atomic E-state index is 5.79. The van der Waals surface area contributed by atoms with Crippen molar-refractivity contribution in [3.8, 4) is 0 Å². The molecule has 3 aromatic carbocycles. The van der Waals surface area contributed by atoms with Crippen molar-refractivity contribution in [1.29, 1.82) is 0 Å². The summed E-state index contributed by atoms with van der Waals surface area (Å²) in [5.74, 6) is 0. The van der Waals surface area contributed by atoms with Gasteiger partial charge in [-0.3, -0.25) is 0 Å². The lowest BCUT2D eigenvalue weighted by atomic mass is 9.69. The van der Waals surface area contributed by atoms with Crippen LogP contribution in [0.25, 0.3) is 0 Å². The summed E-state index contributed by atoms with van der Waals surface area (Å²) in [6, 6.07) is 33.6. The maximum Gasteiger partial charge on any atom is -0.0176 e. The zero-order valence-electron chi connectivity index (χ0n) is 24.3. The molecule has 0 bridgehead atoms. The van der Waals surface area contributed by atoms with E-state index in [1.54, 1.807) is 0 Å². The van der Waals surface area contributed by atoms with Crippen molar-refractivity contribution < 1.29 is 0 Å². The van der Waals surface area contributed by atoms with Gasteiger partial charge in [-0.05, 0) is 68.3 Å². The van der Waals surface area contributed by atoms with Gasteiger partial charge in [-0.2, -0.15) is 0 Å². The Bertz CT molecular complexity index is 855. The summed E-state index contributed by atoms with van der Waals surface area (Å²) in [7, 11) is 0.619. The summed E-state index contributed by atoms with van der Waals surface area (Å²) >= 11 is 5.79. The average Bonchev–Trinajstić information content (AvgIpc) is 2.97. The largest absolute Gasteiger partial charge is 0.100 e. The lowest BCUT2D eigenvalue weighted by Crippen LogP contribution is -2.30. The van der Waals surface area contributed by atoms with E-state index in [-0.39, 0.29) is 5.41 Å². The zero-order valence-corrected chi connectivity index (χ0v) is 26.0. The third-order valence-corrected chi connectivity index (χ3v) is 9.35. The molecule has 1 unspecified atom stereocenters. The number of halogens is 1. The van der Waals surface area contributed by atoms with Crippen LogP contribution >= 0.6 is 19.2 Å². The molecule has 0 aliphatic heterocycles. The van der Waals surface area contributed by atoms with Crippen molar-refractivity contribution in [3.05, 3.63) is 108 Å². The molecule has 212 valence electrons. The van der Waals surface area contributed by atoms with Crippen LogP contribution in [0.5, 0.6) is 0 Å². The molecule has 0 heterocycles. The Morgan fingerprint density at radius 2 is 0.718 bits per heavy atom. The van der Waals surface area contributed by atoms with Crippen molar-refractivity contribution in [3.63, 3.8) is 0 Å². The minimum Gasteiger partial charge on any atom is -0.100 e. The number of benzene rings is 3. The highest BCUT2D eigenvalue weighted by atomic mass is 35.7. The maximum absolute atomic E-state index is 5.79. The van der Waals surface area contributed by atoms with Crippen LogP contribution in [0.2, 0.25) is 0 Å². The van der Waals surface area contributed by atoms with Crippen LogP contribution in [0.3, 0.4) is 0 Å². The molecule has 0 aliphatic rings. The van der Waals surface area contributed by atoms with E-state index in [9.17, 15) is 0 Å². The first kappa shape index (κ1) is 31.9. The highest BCUT2D eigenvalue weighted by molar-refractivity contribution is 7.68. The van der Waals surface area contributed by atoms with Crippen LogP contribution < -0.4 is 0 Å². The Balaban J connectivity index is 1.45. The van der Waals surface area contributed by atoms with Crippen molar-refractivity contribution in [1.82, 2.24) is 0 Å². The van der Waals surface area contributed by atoms with Gasteiger partial charge in [0.2, 0.25) is 0 Å². The van der Waals surface area contributed by atoms with Crippen LogP contribution in [0.15, 0.2) is 91.0 Å². The van der Waals surface area contributed by atoms with E-state index in [2.05, 4.69) is 91.0 Å². The third-order valence-electron chi connectivity index (χ3n) is 8.24. The van der Waals surface area contributed by atoms with E-state index in [1.807, 2.05) is 0 Å². The number of hydrogen-bond donors (Lipinski definition) is 0. The van der Waals surface area contributed by atoms with Gasteiger partial charge in [0.25, 0.3) is 0 Å². The molecule has 39 heavy (non-hydrogen) atoms. The molecule has 0 amide bonds. The average molecular weight is 563 g/mol. The fourth-order valence-electron chi connectivity index (χ4n) is 6.18. The number of rotatable bonds is 22. The predicted octanol–water partition coefficient (Wildman–Crippen LogP) is 12.0. The molecule has 0 nitrogen and oxygen atoms in total. The van der Waals surface area contributed by atoms with Crippen molar-refractivity contribution in [2.24, 2.45) is 5.41 Å². The summed E-state index contributed by atoms with van der Waals surface area (Å²) in [6.07, 6.45) is 24.1. The molecule has 0 fully saturated rings. The van der Waals surface area contributed by atoms with Gasteiger partial charge in [0, 0.05) is 0 Å². The van der Waals surface area contributed by atoms with Crippen LogP contribution in [-0.2, 0) is 19.3 Å². The molecule has 0 saturated heterocycles. The molecule has 0 saturated carbocycles. The first-order chi connectivity index (χ1) is 19.3. The molecule has 0 spiro atoms. The molecule has 2 heteroatoms. The second-order valence-electron chi connectivity index (χ2n) is 11.7. The molecular weight excluding hydrogens is 511 g/mol. The van der Waals surface area contributed by atoms with Crippen molar-refractivity contribution >= 4 is 19.2 Å². The second-order valence-corrected chi connectivity index (χ2v) is 13.3. The third kappa shape index (κ3) is 14.0. The molecule has 0 aliphatic carbocycles. The van der Waals surface area contributed by atoms with Gasteiger partial charge in [0.05, 0.1) is 0 Å². The number of hydrogen-bond acceptors (Lipinski definition) is 0. The zero-order chi connectivity index (χ0) is 27.3. The second kappa shape index (κ2) is 20.3. The predicted molar refractivity (Wildman–Crippen MR) is 177 cm³/mol. The van der Waals surface area contributed by atoms with Crippen molar-refractivity contribution in [2.45, 2.75) is 109 Å². The fourth-order valence-corrected chi connectivity index (χ4v) is 6.96.